The summed E-state index contributed by atoms with van der Waals surface area (Å²) in [5, 5.41) is 5.95. The monoisotopic (exact) mass is 580 g/mol. The summed E-state index contributed by atoms with van der Waals surface area (Å²) in [6.45, 7) is 2.04. The maximum Gasteiger partial charge on any atom is 0.0939 e. The van der Waals surface area contributed by atoms with Gasteiger partial charge in [0, 0.05) is 33.6 Å². The maximum atomic E-state index is 5.04. The molecule has 0 saturated heterocycles. The van der Waals surface area contributed by atoms with Gasteiger partial charge in [-0.1, -0.05) is 91.0 Å². The fourth-order valence-electron chi connectivity index (χ4n) is 6.50. The molecule has 1 N–H and O–H groups in total. The molecule has 8 rings (SSSR count). The van der Waals surface area contributed by atoms with Crippen LogP contribution in [0.3, 0.4) is 0 Å². The molecular weight excluding hydrogens is 548 g/mol. The van der Waals surface area contributed by atoms with E-state index in [0.717, 1.165) is 74.0 Å². The minimum Gasteiger partial charge on any atom is -0.355 e. The number of para-hydroxylation sites is 2. The Morgan fingerprint density at radius 1 is 0.533 bits per heavy atom. The third-order valence-electron chi connectivity index (χ3n) is 8.66. The van der Waals surface area contributed by atoms with E-state index in [1.165, 1.54) is 16.7 Å². The van der Waals surface area contributed by atoms with Crippen LogP contribution in [0.2, 0.25) is 0 Å². The molecule has 1 aliphatic carbocycles. The molecule has 5 aromatic carbocycles. The van der Waals surface area contributed by atoms with Gasteiger partial charge < -0.3 is 5.32 Å². The summed E-state index contributed by atoms with van der Waals surface area (Å²) in [7, 11) is 0. The molecule has 0 radical (unpaired) electrons. The molecule has 45 heavy (non-hydrogen) atoms. The minimum absolute atomic E-state index is 0.144. The Kier molecular flexibility index (Phi) is 6.88. The van der Waals surface area contributed by atoms with Crippen molar-refractivity contribution in [2.45, 2.75) is 25.7 Å². The average molecular weight is 581 g/mol. The Hall–Kier alpha value is -5.61. The number of aryl methyl sites for hydroxylation is 1. The number of anilines is 1. The maximum absolute atomic E-state index is 5.04. The van der Waals surface area contributed by atoms with Crippen molar-refractivity contribution in [2.24, 2.45) is 0 Å². The van der Waals surface area contributed by atoms with Crippen LogP contribution in [-0.2, 0) is 0 Å². The normalized spacial score (nSPS) is 13.3. The zero-order chi connectivity index (χ0) is 30.2. The van der Waals surface area contributed by atoms with E-state index in [2.05, 4.69) is 121 Å². The van der Waals surface area contributed by atoms with Gasteiger partial charge in [0.2, 0.25) is 0 Å². The van der Waals surface area contributed by atoms with Crippen LogP contribution in [0.15, 0.2) is 145 Å². The van der Waals surface area contributed by atoms with Gasteiger partial charge in [-0.2, -0.15) is 0 Å². The molecule has 4 heteroatoms. The van der Waals surface area contributed by atoms with Gasteiger partial charge in [-0.05, 0) is 85.0 Å². The van der Waals surface area contributed by atoms with Crippen molar-refractivity contribution in [1.29, 1.82) is 0 Å². The van der Waals surface area contributed by atoms with Gasteiger partial charge in [-0.3, -0.25) is 0 Å². The predicted octanol–water partition coefficient (Wildman–Crippen LogP) is 9.99. The molecule has 0 saturated carbocycles. The highest BCUT2D eigenvalue weighted by Crippen LogP contribution is 2.35. The number of hydrogen-bond donors (Lipinski definition) is 1. The zero-order valence-corrected chi connectivity index (χ0v) is 25.1. The Labute approximate surface area is 262 Å². The number of pyridine rings is 1. The van der Waals surface area contributed by atoms with Crippen LogP contribution in [0.4, 0.5) is 5.69 Å². The van der Waals surface area contributed by atoms with Crippen LogP contribution in [0.1, 0.15) is 46.8 Å². The lowest BCUT2D eigenvalue weighted by molar-refractivity contribution is 0.980. The molecule has 1 aliphatic rings. The first-order valence-electron chi connectivity index (χ1n) is 15.6. The molecule has 0 aliphatic heterocycles. The number of fused-ring (bicyclic) bond motifs is 3. The Balaban J connectivity index is 1.15. The average Bonchev–Trinajstić information content (AvgIpc) is 3.08. The van der Waals surface area contributed by atoms with E-state index in [-0.39, 0.29) is 5.92 Å². The fraction of sp³-hybridized carbons (Fsp3) is 0.0976. The molecule has 0 spiro atoms. The van der Waals surface area contributed by atoms with Crippen LogP contribution >= 0.6 is 0 Å². The lowest BCUT2D eigenvalue weighted by atomic mass is 9.84. The van der Waals surface area contributed by atoms with E-state index in [4.69, 9.17) is 15.0 Å². The topological polar surface area (TPSA) is 50.7 Å². The van der Waals surface area contributed by atoms with Crippen molar-refractivity contribution in [1.82, 2.24) is 15.0 Å². The Morgan fingerprint density at radius 2 is 1.16 bits per heavy atom. The van der Waals surface area contributed by atoms with Crippen molar-refractivity contribution in [2.75, 3.05) is 5.32 Å². The van der Waals surface area contributed by atoms with Gasteiger partial charge in [-0.15, -0.1) is 0 Å². The van der Waals surface area contributed by atoms with Gasteiger partial charge in [0.05, 0.1) is 33.5 Å². The summed E-state index contributed by atoms with van der Waals surface area (Å²) in [6, 6.07) is 44.9. The van der Waals surface area contributed by atoms with Crippen molar-refractivity contribution in [3.05, 3.63) is 173 Å². The zero-order valence-electron chi connectivity index (χ0n) is 25.1. The number of nitrogens with one attached hydrogen (secondary N) is 1. The summed E-state index contributed by atoms with van der Waals surface area (Å²) < 4.78 is 0. The molecule has 0 fully saturated rings. The van der Waals surface area contributed by atoms with Crippen LogP contribution < -0.4 is 5.32 Å². The summed E-state index contributed by atoms with van der Waals surface area (Å²) in [4.78, 5) is 14.9. The van der Waals surface area contributed by atoms with Gasteiger partial charge >= 0.3 is 0 Å². The molecule has 2 aromatic heterocycles. The van der Waals surface area contributed by atoms with Crippen molar-refractivity contribution >= 4 is 44.1 Å². The Bertz CT molecular complexity index is 2210. The molecule has 2 heterocycles. The molecule has 0 atom stereocenters. The first-order valence-corrected chi connectivity index (χ1v) is 15.6. The second-order valence-electron chi connectivity index (χ2n) is 11.7. The second kappa shape index (κ2) is 11.5. The third kappa shape index (κ3) is 5.25. The van der Waals surface area contributed by atoms with Crippen LogP contribution in [0.25, 0.3) is 38.4 Å². The van der Waals surface area contributed by atoms with Crippen LogP contribution in [0, 0.1) is 6.92 Å². The molecule has 216 valence electrons. The van der Waals surface area contributed by atoms with Gasteiger partial charge in [0.1, 0.15) is 0 Å². The lowest BCUT2D eigenvalue weighted by Crippen LogP contribution is -2.09. The van der Waals surface area contributed by atoms with Gasteiger partial charge in [-0.25, -0.2) is 15.0 Å². The number of benzene rings is 5. The van der Waals surface area contributed by atoms with Crippen LogP contribution in [0.5, 0.6) is 0 Å². The fourth-order valence-corrected chi connectivity index (χ4v) is 6.50. The van der Waals surface area contributed by atoms with E-state index in [0.29, 0.717) is 0 Å². The number of nitrogens with zero attached hydrogens (tertiary/aromatic N) is 3. The number of aromatic nitrogens is 3. The standard InChI is InChI=1S/C41H32N4/c1-27-41(45-39-19-11-10-18-38(39)42-27)34-16-8-9-17-37(34)43-33-21-23-36-32(26-33)25-31-24-30(20-22-35(31)44-36)40(28-12-4-2-5-13-28)29-14-6-3-7-15-29/h2-7,10-26,40,43H,8-9H2,1H3. The van der Waals surface area contributed by atoms with E-state index in [9.17, 15) is 0 Å². The third-order valence-corrected chi connectivity index (χ3v) is 8.66. The van der Waals surface area contributed by atoms with E-state index in [1.807, 2.05) is 31.2 Å². The quantitative estimate of drug-likeness (QED) is 0.157. The highest BCUT2D eigenvalue weighted by atomic mass is 14.9. The molecular formula is C41H32N4. The molecule has 4 nitrogen and oxygen atoms in total. The van der Waals surface area contributed by atoms with E-state index in [1.54, 1.807) is 0 Å². The van der Waals surface area contributed by atoms with Crippen molar-refractivity contribution < 1.29 is 0 Å². The number of hydrogen-bond acceptors (Lipinski definition) is 4. The highest BCUT2D eigenvalue weighted by Gasteiger charge is 2.19. The molecule has 7 aromatic rings. The first-order chi connectivity index (χ1) is 22.2. The molecule has 0 bridgehead atoms. The van der Waals surface area contributed by atoms with Gasteiger partial charge in [0.15, 0.2) is 0 Å². The number of rotatable bonds is 6. The first kappa shape index (κ1) is 27.0. The van der Waals surface area contributed by atoms with E-state index >= 15 is 0 Å². The van der Waals surface area contributed by atoms with Crippen molar-refractivity contribution in [3.63, 3.8) is 0 Å². The largest absolute Gasteiger partial charge is 0.355 e. The van der Waals surface area contributed by atoms with Crippen LogP contribution in [-0.4, -0.2) is 15.0 Å². The predicted molar refractivity (Wildman–Crippen MR) is 186 cm³/mol. The summed E-state index contributed by atoms with van der Waals surface area (Å²) in [6.07, 6.45) is 6.52. The smallest absolute Gasteiger partial charge is 0.0939 e. The van der Waals surface area contributed by atoms with Gasteiger partial charge in [0.25, 0.3) is 0 Å². The summed E-state index contributed by atoms with van der Waals surface area (Å²) in [5.74, 6) is 0.144. The second-order valence-corrected chi connectivity index (χ2v) is 11.7. The molecule has 0 unspecified atom stereocenters. The minimum atomic E-state index is 0.144. The SMILES string of the molecule is Cc1nc2ccccc2nc1C1=CCCC=C1Nc1ccc2nc3ccc(C(c4ccccc4)c4ccccc4)cc3cc2c1. The van der Waals surface area contributed by atoms with Crippen molar-refractivity contribution in [3.8, 4) is 0 Å². The summed E-state index contributed by atoms with van der Waals surface area (Å²) >= 11 is 0. The molecule has 0 amide bonds. The Morgan fingerprint density at radius 3 is 1.89 bits per heavy atom. The lowest BCUT2D eigenvalue weighted by Gasteiger charge is -2.20. The summed E-state index contributed by atoms with van der Waals surface area (Å²) in [5.41, 5.74) is 12.7. The van der Waals surface area contributed by atoms with E-state index < -0.39 is 0 Å². The highest BCUT2D eigenvalue weighted by molar-refractivity contribution is 5.95. The number of allylic oxidation sites excluding steroid dienone is 3.